The molecule has 0 aromatic heterocycles. The first-order chi connectivity index (χ1) is 9.36. The number of aliphatic hydroxyl groups is 1. The van der Waals surface area contributed by atoms with Crippen LogP contribution in [-0.4, -0.2) is 21.9 Å². The second-order valence-electron chi connectivity index (χ2n) is 9.82. The summed E-state index contributed by atoms with van der Waals surface area (Å²) in [4.78, 5) is 0. The molecule has 0 spiro atoms. The molecule has 1 aliphatic heterocycles. The highest BCUT2D eigenvalue weighted by Gasteiger charge is 2.55. The van der Waals surface area contributed by atoms with E-state index in [0.29, 0.717) is 5.41 Å². The first-order valence-corrected chi connectivity index (χ1v) is 8.78. The zero-order chi connectivity index (χ0) is 16.1. The Morgan fingerprint density at radius 1 is 1.00 bits per heavy atom. The van der Waals surface area contributed by atoms with Crippen molar-refractivity contribution in [2.75, 3.05) is 0 Å². The normalized spacial score (nSPS) is 40.0. The summed E-state index contributed by atoms with van der Waals surface area (Å²) < 4.78 is 6.24. The average Bonchev–Trinajstić information content (AvgIpc) is 2.45. The Morgan fingerprint density at radius 2 is 1.62 bits per heavy atom. The molecule has 1 N–H and O–H groups in total. The van der Waals surface area contributed by atoms with E-state index in [9.17, 15) is 5.11 Å². The van der Waals surface area contributed by atoms with E-state index in [-0.39, 0.29) is 17.1 Å². The Hall–Kier alpha value is -0.0800. The molecule has 21 heavy (non-hydrogen) atoms. The second kappa shape index (κ2) is 5.23. The van der Waals surface area contributed by atoms with E-state index in [1.165, 1.54) is 6.42 Å². The van der Waals surface area contributed by atoms with E-state index < -0.39 is 5.60 Å². The maximum absolute atomic E-state index is 11.4. The lowest BCUT2D eigenvalue weighted by Gasteiger charge is -2.40. The molecule has 3 atom stereocenters. The van der Waals surface area contributed by atoms with Gasteiger partial charge in [-0.2, -0.15) is 0 Å². The number of hydrogen-bond acceptors (Lipinski definition) is 2. The van der Waals surface area contributed by atoms with Crippen LogP contribution in [0.4, 0.5) is 0 Å². The molecule has 1 saturated heterocycles. The molecule has 2 aliphatic rings. The fraction of sp³-hybridized carbons (Fsp3) is 1.00. The quantitative estimate of drug-likeness (QED) is 0.695. The molecule has 0 aromatic rings. The van der Waals surface area contributed by atoms with Crippen molar-refractivity contribution < 1.29 is 9.84 Å². The van der Waals surface area contributed by atoms with Crippen molar-refractivity contribution >= 4 is 0 Å². The molecule has 124 valence electrons. The molecule has 0 bridgehead atoms. The van der Waals surface area contributed by atoms with Gasteiger partial charge in [0, 0.05) is 5.92 Å². The van der Waals surface area contributed by atoms with Gasteiger partial charge in [0.1, 0.15) is 0 Å². The molecular weight excluding hydrogens is 260 g/mol. The van der Waals surface area contributed by atoms with Gasteiger partial charge in [0.15, 0.2) is 0 Å². The summed E-state index contributed by atoms with van der Waals surface area (Å²) in [5, 5.41) is 11.4. The molecule has 0 radical (unpaired) electrons. The van der Waals surface area contributed by atoms with Crippen LogP contribution in [0.3, 0.4) is 0 Å². The third-order valence-electron chi connectivity index (χ3n) is 6.04. The lowest BCUT2D eigenvalue weighted by Crippen LogP contribution is -2.46. The fourth-order valence-electron chi connectivity index (χ4n) is 4.96. The van der Waals surface area contributed by atoms with Crippen LogP contribution in [-0.2, 0) is 4.74 Å². The van der Waals surface area contributed by atoms with E-state index >= 15 is 0 Å². The third-order valence-corrected chi connectivity index (χ3v) is 6.04. The summed E-state index contributed by atoms with van der Waals surface area (Å²) in [5.41, 5.74) is -0.525. The Kier molecular flexibility index (Phi) is 4.30. The van der Waals surface area contributed by atoms with Crippen molar-refractivity contribution in [1.29, 1.82) is 0 Å². The van der Waals surface area contributed by atoms with Gasteiger partial charge < -0.3 is 9.84 Å². The maximum atomic E-state index is 11.4. The van der Waals surface area contributed by atoms with Gasteiger partial charge in [0.2, 0.25) is 0 Å². The van der Waals surface area contributed by atoms with Crippen molar-refractivity contribution in [2.24, 2.45) is 17.3 Å². The van der Waals surface area contributed by atoms with Gasteiger partial charge in [-0.05, 0) is 71.1 Å². The highest BCUT2D eigenvalue weighted by Crippen LogP contribution is 2.52. The van der Waals surface area contributed by atoms with Crippen molar-refractivity contribution in [3.05, 3.63) is 0 Å². The van der Waals surface area contributed by atoms with Crippen molar-refractivity contribution in [1.82, 2.24) is 0 Å². The van der Waals surface area contributed by atoms with Gasteiger partial charge in [-0.25, -0.2) is 0 Å². The summed E-state index contributed by atoms with van der Waals surface area (Å²) in [5.74, 6) is 0.976. The van der Waals surface area contributed by atoms with E-state index in [4.69, 9.17) is 4.74 Å². The average molecular weight is 296 g/mol. The van der Waals surface area contributed by atoms with Crippen LogP contribution in [0.15, 0.2) is 0 Å². The molecule has 2 heteroatoms. The molecule has 1 heterocycles. The molecular formula is C19H36O2. The van der Waals surface area contributed by atoms with Gasteiger partial charge in [-0.15, -0.1) is 0 Å². The molecule has 0 amide bonds. The predicted molar refractivity (Wildman–Crippen MR) is 88.3 cm³/mol. The maximum Gasteiger partial charge on any atom is 0.0704 e. The fourth-order valence-corrected chi connectivity index (χ4v) is 4.96. The van der Waals surface area contributed by atoms with E-state index in [2.05, 4.69) is 48.5 Å². The number of ether oxygens (including phenoxy) is 1. The zero-order valence-electron chi connectivity index (χ0n) is 15.3. The van der Waals surface area contributed by atoms with Crippen LogP contribution in [0.1, 0.15) is 87.0 Å². The Bertz CT molecular complexity index is 378. The lowest BCUT2D eigenvalue weighted by atomic mass is 9.70. The molecule has 1 saturated carbocycles. The summed E-state index contributed by atoms with van der Waals surface area (Å²) in [6, 6.07) is 0. The van der Waals surface area contributed by atoms with Gasteiger partial charge in [-0.1, -0.05) is 27.2 Å². The molecule has 3 unspecified atom stereocenters. The minimum absolute atomic E-state index is 0.111. The second-order valence-corrected chi connectivity index (χ2v) is 9.82. The topological polar surface area (TPSA) is 29.5 Å². The number of hydrogen-bond donors (Lipinski definition) is 1. The van der Waals surface area contributed by atoms with Crippen LogP contribution < -0.4 is 0 Å². The van der Waals surface area contributed by atoms with Crippen molar-refractivity contribution in [2.45, 2.75) is 104 Å². The highest BCUT2D eigenvalue weighted by atomic mass is 16.5. The largest absolute Gasteiger partial charge is 0.389 e. The Labute approximate surface area is 131 Å². The van der Waals surface area contributed by atoms with Crippen LogP contribution in [0.5, 0.6) is 0 Å². The van der Waals surface area contributed by atoms with E-state index in [1.807, 2.05) is 0 Å². The van der Waals surface area contributed by atoms with Crippen LogP contribution in [0.25, 0.3) is 0 Å². The lowest BCUT2D eigenvalue weighted by molar-refractivity contribution is -0.118. The molecule has 1 aliphatic carbocycles. The summed E-state index contributed by atoms with van der Waals surface area (Å²) in [7, 11) is 0. The summed E-state index contributed by atoms with van der Waals surface area (Å²) in [6.07, 6.45) is 6.38. The van der Waals surface area contributed by atoms with Gasteiger partial charge in [0.05, 0.1) is 16.8 Å². The Morgan fingerprint density at radius 3 is 2.10 bits per heavy atom. The highest BCUT2D eigenvalue weighted by molar-refractivity contribution is 5.04. The van der Waals surface area contributed by atoms with Crippen molar-refractivity contribution in [3.8, 4) is 0 Å². The molecule has 2 rings (SSSR count). The zero-order valence-corrected chi connectivity index (χ0v) is 15.3. The van der Waals surface area contributed by atoms with Crippen LogP contribution in [0, 0.1) is 17.3 Å². The first-order valence-electron chi connectivity index (χ1n) is 8.78. The Balaban J connectivity index is 2.16. The molecule has 2 fully saturated rings. The summed E-state index contributed by atoms with van der Waals surface area (Å²) >= 11 is 0. The molecule has 0 aromatic carbocycles. The van der Waals surface area contributed by atoms with Crippen LogP contribution >= 0.6 is 0 Å². The van der Waals surface area contributed by atoms with E-state index in [0.717, 1.165) is 38.0 Å². The monoisotopic (exact) mass is 296 g/mol. The minimum Gasteiger partial charge on any atom is -0.389 e. The standard InChI is InChI=1S/C19H36O2/c1-16(2,3)14-9-8-11-19(20,12-10-14)15-13-17(4,5)21-18(15,6)7/h14-15,20H,8-13H2,1-7H3. The molecule has 2 nitrogen and oxygen atoms in total. The van der Waals surface area contributed by atoms with Crippen LogP contribution in [0.2, 0.25) is 0 Å². The van der Waals surface area contributed by atoms with Gasteiger partial charge >= 0.3 is 0 Å². The minimum atomic E-state index is -0.544. The smallest absolute Gasteiger partial charge is 0.0704 e. The van der Waals surface area contributed by atoms with Gasteiger partial charge in [0.25, 0.3) is 0 Å². The first kappa shape index (κ1) is 17.3. The third kappa shape index (κ3) is 3.64. The van der Waals surface area contributed by atoms with Crippen molar-refractivity contribution in [3.63, 3.8) is 0 Å². The number of rotatable bonds is 1. The predicted octanol–water partition coefficient (Wildman–Crippen LogP) is 4.94. The SMILES string of the molecule is CC1(C)CC(C2(O)CCCC(C(C)(C)C)CC2)C(C)(C)O1. The summed E-state index contributed by atoms with van der Waals surface area (Å²) in [6.45, 7) is 15.7. The van der Waals surface area contributed by atoms with E-state index in [1.54, 1.807) is 0 Å². The van der Waals surface area contributed by atoms with Gasteiger partial charge in [-0.3, -0.25) is 0 Å².